The predicted octanol–water partition coefficient (Wildman–Crippen LogP) is 5.56. The molecule has 1 N–H and O–H groups in total. The van der Waals surface area contributed by atoms with E-state index >= 15 is 0 Å². The van der Waals surface area contributed by atoms with Gasteiger partial charge in [-0.3, -0.25) is 4.79 Å². The highest BCUT2D eigenvalue weighted by Crippen LogP contribution is 2.32. The lowest BCUT2D eigenvalue weighted by Gasteiger charge is -2.12. The van der Waals surface area contributed by atoms with Gasteiger partial charge < -0.3 is 9.47 Å². The summed E-state index contributed by atoms with van der Waals surface area (Å²) in [6, 6.07) is 20.6. The summed E-state index contributed by atoms with van der Waals surface area (Å²) < 4.78 is 12.8. The number of carbonyl (C=O) groups excluding carboxylic acids is 1. The highest BCUT2D eigenvalue weighted by molar-refractivity contribution is 9.11. The lowest BCUT2D eigenvalue weighted by Crippen LogP contribution is -2.18. The molecule has 0 fully saturated rings. The van der Waals surface area contributed by atoms with Crippen LogP contribution >= 0.6 is 31.9 Å². The molecule has 7 heteroatoms. The Hall–Kier alpha value is -2.64. The first kappa shape index (κ1) is 21.1. The first-order chi connectivity index (χ1) is 14.1. The zero-order valence-electron chi connectivity index (χ0n) is 15.6. The van der Waals surface area contributed by atoms with Crippen molar-refractivity contribution in [1.29, 1.82) is 0 Å². The molecule has 3 rings (SSSR count). The van der Waals surface area contributed by atoms with Gasteiger partial charge in [-0.2, -0.15) is 5.10 Å². The summed E-state index contributed by atoms with van der Waals surface area (Å²) in [6.07, 6.45) is 1.54. The number of halogens is 2. The average Bonchev–Trinajstić information content (AvgIpc) is 2.73. The fourth-order valence-corrected chi connectivity index (χ4v) is 3.98. The first-order valence-corrected chi connectivity index (χ1v) is 10.3. The van der Waals surface area contributed by atoms with Gasteiger partial charge in [0.25, 0.3) is 5.91 Å². The minimum atomic E-state index is -0.362. The van der Waals surface area contributed by atoms with Gasteiger partial charge in [0.2, 0.25) is 0 Å². The number of carbonyl (C=O) groups is 1. The standard InChI is InChI=1S/C22H18Br2N2O3/c1-28-20-10-6-5-9-18(20)22(27)26-25-13-16-11-17(23)12-19(24)21(16)29-14-15-7-3-2-4-8-15/h2-13H,14H2,1H3,(H,26,27)/b25-13-. The van der Waals surface area contributed by atoms with Gasteiger partial charge in [-0.05, 0) is 45.8 Å². The number of ether oxygens (including phenoxy) is 2. The smallest absolute Gasteiger partial charge is 0.275 e. The number of hydrazone groups is 1. The molecule has 5 nitrogen and oxygen atoms in total. The number of methoxy groups -OCH3 is 1. The van der Waals surface area contributed by atoms with Crippen LogP contribution in [-0.2, 0) is 6.61 Å². The Morgan fingerprint density at radius 1 is 1.07 bits per heavy atom. The molecule has 0 aliphatic carbocycles. The fraction of sp³-hybridized carbons (Fsp3) is 0.0909. The molecule has 148 valence electrons. The molecule has 3 aromatic carbocycles. The largest absolute Gasteiger partial charge is 0.496 e. The quantitative estimate of drug-likeness (QED) is 0.329. The zero-order valence-corrected chi connectivity index (χ0v) is 18.7. The molecule has 29 heavy (non-hydrogen) atoms. The lowest BCUT2D eigenvalue weighted by molar-refractivity contribution is 0.0952. The Labute approximate surface area is 186 Å². The van der Waals surface area contributed by atoms with Crippen molar-refractivity contribution in [3.8, 4) is 11.5 Å². The summed E-state index contributed by atoms with van der Waals surface area (Å²) in [5, 5.41) is 4.09. The monoisotopic (exact) mass is 516 g/mol. The van der Waals surface area contributed by atoms with Gasteiger partial charge in [-0.15, -0.1) is 0 Å². The van der Waals surface area contributed by atoms with Crippen molar-refractivity contribution in [2.45, 2.75) is 6.61 Å². The SMILES string of the molecule is COc1ccccc1C(=O)N/N=C\c1cc(Br)cc(Br)c1OCc1ccccc1. The van der Waals surface area contributed by atoms with Gasteiger partial charge in [0.15, 0.2) is 0 Å². The maximum atomic E-state index is 12.4. The number of nitrogens with zero attached hydrogens (tertiary/aromatic N) is 1. The van der Waals surface area contributed by atoms with Gasteiger partial charge in [-0.1, -0.05) is 58.4 Å². The topological polar surface area (TPSA) is 59.9 Å². The van der Waals surface area contributed by atoms with Crippen molar-refractivity contribution in [2.24, 2.45) is 5.10 Å². The van der Waals surface area contributed by atoms with Crippen molar-refractivity contribution < 1.29 is 14.3 Å². The molecule has 0 atom stereocenters. The maximum absolute atomic E-state index is 12.4. The number of hydrogen-bond donors (Lipinski definition) is 1. The number of hydrogen-bond acceptors (Lipinski definition) is 4. The van der Waals surface area contributed by atoms with E-state index in [1.54, 1.807) is 30.5 Å². The number of amides is 1. The second-order valence-electron chi connectivity index (χ2n) is 5.98. The van der Waals surface area contributed by atoms with E-state index in [4.69, 9.17) is 9.47 Å². The van der Waals surface area contributed by atoms with E-state index < -0.39 is 0 Å². The van der Waals surface area contributed by atoms with Gasteiger partial charge in [0.05, 0.1) is 23.4 Å². The second kappa shape index (κ2) is 10.2. The molecule has 0 saturated carbocycles. The molecule has 0 heterocycles. The van der Waals surface area contributed by atoms with Crippen LogP contribution in [-0.4, -0.2) is 19.2 Å². The maximum Gasteiger partial charge on any atom is 0.275 e. The zero-order chi connectivity index (χ0) is 20.6. The van der Waals surface area contributed by atoms with Crippen LogP contribution in [0.25, 0.3) is 0 Å². The molecular formula is C22H18Br2N2O3. The summed E-state index contributed by atoms with van der Waals surface area (Å²) in [5.41, 5.74) is 4.69. The molecule has 0 saturated heterocycles. The van der Waals surface area contributed by atoms with Crippen LogP contribution in [0.15, 0.2) is 80.8 Å². The van der Waals surface area contributed by atoms with E-state index in [1.165, 1.54) is 7.11 Å². The molecule has 0 spiro atoms. The van der Waals surface area contributed by atoms with Crippen LogP contribution in [0.5, 0.6) is 11.5 Å². The van der Waals surface area contributed by atoms with Gasteiger partial charge in [-0.25, -0.2) is 5.43 Å². The normalized spacial score (nSPS) is 10.7. The predicted molar refractivity (Wildman–Crippen MR) is 121 cm³/mol. The van der Waals surface area contributed by atoms with E-state index in [9.17, 15) is 4.79 Å². The van der Waals surface area contributed by atoms with Crippen LogP contribution in [0.3, 0.4) is 0 Å². The second-order valence-corrected chi connectivity index (χ2v) is 7.75. The third-order valence-corrected chi connectivity index (χ3v) is 5.03. The van der Waals surface area contributed by atoms with Crippen molar-refractivity contribution in [1.82, 2.24) is 5.43 Å². The van der Waals surface area contributed by atoms with Crippen LogP contribution in [0.4, 0.5) is 0 Å². The number of rotatable bonds is 7. The highest BCUT2D eigenvalue weighted by Gasteiger charge is 2.12. The van der Waals surface area contributed by atoms with E-state index in [0.717, 1.165) is 14.5 Å². The number of nitrogens with one attached hydrogen (secondary N) is 1. The first-order valence-electron chi connectivity index (χ1n) is 8.70. The number of benzene rings is 3. The summed E-state index contributed by atoms with van der Waals surface area (Å²) >= 11 is 7.00. The van der Waals surface area contributed by atoms with Crippen LogP contribution in [0, 0.1) is 0 Å². The Morgan fingerprint density at radius 3 is 2.55 bits per heavy atom. The fourth-order valence-electron chi connectivity index (χ4n) is 2.61. The van der Waals surface area contributed by atoms with Crippen LogP contribution in [0.2, 0.25) is 0 Å². The minimum absolute atomic E-state index is 0.362. The van der Waals surface area contributed by atoms with Crippen molar-refractivity contribution >= 4 is 44.0 Å². The minimum Gasteiger partial charge on any atom is -0.496 e. The van der Waals surface area contributed by atoms with Crippen molar-refractivity contribution in [3.05, 3.63) is 92.4 Å². The molecule has 0 radical (unpaired) electrons. The molecule has 3 aromatic rings. The van der Waals surface area contributed by atoms with E-state index in [-0.39, 0.29) is 5.91 Å². The summed E-state index contributed by atoms with van der Waals surface area (Å²) in [5.74, 6) is 0.754. The van der Waals surface area contributed by atoms with Crippen LogP contribution in [0.1, 0.15) is 21.5 Å². The molecule has 0 bridgehead atoms. The third-order valence-electron chi connectivity index (χ3n) is 3.98. The molecular weight excluding hydrogens is 500 g/mol. The molecule has 0 aliphatic heterocycles. The molecule has 0 aliphatic rings. The summed E-state index contributed by atoms with van der Waals surface area (Å²) in [4.78, 5) is 12.4. The lowest BCUT2D eigenvalue weighted by atomic mass is 10.2. The summed E-state index contributed by atoms with van der Waals surface area (Å²) in [7, 11) is 1.52. The van der Waals surface area contributed by atoms with Gasteiger partial charge in [0.1, 0.15) is 18.1 Å². The average molecular weight is 518 g/mol. The Balaban J connectivity index is 1.76. The van der Waals surface area contributed by atoms with Crippen molar-refractivity contribution in [2.75, 3.05) is 7.11 Å². The molecule has 1 amide bonds. The Kier molecular flexibility index (Phi) is 7.43. The van der Waals surface area contributed by atoms with Crippen LogP contribution < -0.4 is 14.9 Å². The van der Waals surface area contributed by atoms with E-state index in [0.29, 0.717) is 29.2 Å². The number of para-hydroxylation sites is 1. The van der Waals surface area contributed by atoms with Gasteiger partial charge >= 0.3 is 0 Å². The third kappa shape index (κ3) is 5.68. The molecule has 0 unspecified atom stereocenters. The van der Waals surface area contributed by atoms with Gasteiger partial charge in [0, 0.05) is 10.0 Å². The molecule has 0 aromatic heterocycles. The Bertz CT molecular complexity index is 1020. The highest BCUT2D eigenvalue weighted by atomic mass is 79.9. The van der Waals surface area contributed by atoms with Crippen molar-refractivity contribution in [3.63, 3.8) is 0 Å². The Morgan fingerprint density at radius 2 is 1.79 bits per heavy atom. The summed E-state index contributed by atoms with van der Waals surface area (Å²) in [6.45, 7) is 0.412. The van der Waals surface area contributed by atoms with E-state index in [1.807, 2.05) is 42.5 Å². The van der Waals surface area contributed by atoms with E-state index in [2.05, 4.69) is 42.4 Å².